The lowest BCUT2D eigenvalue weighted by atomic mass is 10.1. The molecule has 1 heterocycles. The average molecular weight is 354 g/mol. The number of halogens is 1. The Morgan fingerprint density at radius 3 is 2.88 bits per heavy atom. The summed E-state index contributed by atoms with van der Waals surface area (Å²) in [6, 6.07) is 6.92. The molecule has 24 heavy (non-hydrogen) atoms. The van der Waals surface area contributed by atoms with E-state index in [4.69, 9.17) is 16.7 Å². The van der Waals surface area contributed by atoms with E-state index < -0.39 is 6.04 Å². The Hall–Kier alpha value is -1.63. The summed E-state index contributed by atoms with van der Waals surface area (Å²) in [6.45, 7) is 4.25. The van der Waals surface area contributed by atoms with Gasteiger partial charge in [-0.3, -0.25) is 9.59 Å². The number of likely N-dealkylation sites (N-methyl/N-ethyl adjacent to an activating group) is 1. The van der Waals surface area contributed by atoms with Gasteiger partial charge in [-0.05, 0) is 18.6 Å². The normalized spacial score (nSPS) is 17.9. The third-order valence-electron chi connectivity index (χ3n) is 4.18. The fourth-order valence-electron chi connectivity index (χ4n) is 2.82. The van der Waals surface area contributed by atoms with Crippen LogP contribution in [-0.2, 0) is 16.1 Å². The number of carbonyl (C=O) groups is 2. The van der Waals surface area contributed by atoms with Crippen molar-refractivity contribution in [3.8, 4) is 0 Å². The van der Waals surface area contributed by atoms with Crippen LogP contribution in [0.3, 0.4) is 0 Å². The van der Waals surface area contributed by atoms with E-state index in [1.807, 2.05) is 25.1 Å². The number of nitrogens with one attached hydrogen (secondary N) is 1. The maximum Gasteiger partial charge on any atom is 0.240 e. The highest BCUT2D eigenvalue weighted by molar-refractivity contribution is 6.31. The molecule has 1 saturated heterocycles. The van der Waals surface area contributed by atoms with Crippen LogP contribution < -0.4 is 5.32 Å². The number of aliphatic hydroxyl groups excluding tert-OH is 1. The average Bonchev–Trinajstić information content (AvgIpc) is 2.58. The van der Waals surface area contributed by atoms with Gasteiger partial charge in [0, 0.05) is 37.7 Å². The minimum Gasteiger partial charge on any atom is -0.395 e. The zero-order valence-electron chi connectivity index (χ0n) is 13.9. The number of nitrogens with zero attached hydrogens (tertiary/aromatic N) is 2. The molecule has 1 aliphatic heterocycles. The topological polar surface area (TPSA) is 72.9 Å². The van der Waals surface area contributed by atoms with Crippen LogP contribution in [0.5, 0.6) is 0 Å². The molecule has 0 spiro atoms. The molecule has 6 nitrogen and oxygen atoms in total. The van der Waals surface area contributed by atoms with Crippen LogP contribution in [0, 0.1) is 0 Å². The van der Waals surface area contributed by atoms with Crippen molar-refractivity contribution in [3.63, 3.8) is 0 Å². The molecule has 1 aliphatic rings. The minimum atomic E-state index is -0.526. The molecule has 7 heteroatoms. The third-order valence-corrected chi connectivity index (χ3v) is 4.55. The van der Waals surface area contributed by atoms with Gasteiger partial charge in [-0.2, -0.15) is 0 Å². The lowest BCUT2D eigenvalue weighted by Crippen LogP contribution is -2.56. The fourth-order valence-corrected chi connectivity index (χ4v) is 3.02. The van der Waals surface area contributed by atoms with Gasteiger partial charge in [0.2, 0.25) is 11.8 Å². The highest BCUT2D eigenvalue weighted by Crippen LogP contribution is 2.18. The highest BCUT2D eigenvalue weighted by atomic mass is 35.5. The van der Waals surface area contributed by atoms with Crippen LogP contribution in [0.25, 0.3) is 0 Å². The van der Waals surface area contributed by atoms with Crippen LogP contribution in [0.1, 0.15) is 18.9 Å². The maximum atomic E-state index is 12.6. The van der Waals surface area contributed by atoms with Gasteiger partial charge in [-0.25, -0.2) is 0 Å². The molecular formula is C17H24ClN3O3. The van der Waals surface area contributed by atoms with Crippen molar-refractivity contribution in [3.05, 3.63) is 34.9 Å². The number of hydrogen-bond donors (Lipinski definition) is 2. The van der Waals surface area contributed by atoms with Gasteiger partial charge < -0.3 is 20.2 Å². The summed E-state index contributed by atoms with van der Waals surface area (Å²) in [5, 5.41) is 12.8. The first-order valence-corrected chi connectivity index (χ1v) is 8.58. The van der Waals surface area contributed by atoms with E-state index in [1.54, 1.807) is 15.9 Å². The van der Waals surface area contributed by atoms with Crippen molar-refractivity contribution >= 4 is 23.4 Å². The zero-order chi connectivity index (χ0) is 17.5. The molecule has 1 aromatic rings. The summed E-state index contributed by atoms with van der Waals surface area (Å²) in [4.78, 5) is 28.2. The smallest absolute Gasteiger partial charge is 0.240 e. The van der Waals surface area contributed by atoms with E-state index in [2.05, 4.69) is 5.32 Å². The Morgan fingerprint density at radius 1 is 1.46 bits per heavy atom. The molecule has 2 N–H and O–H groups in total. The van der Waals surface area contributed by atoms with Crippen LogP contribution >= 0.6 is 11.6 Å². The van der Waals surface area contributed by atoms with Gasteiger partial charge in [0.15, 0.2) is 0 Å². The number of amides is 2. The van der Waals surface area contributed by atoms with E-state index in [1.165, 1.54) is 0 Å². The maximum absolute atomic E-state index is 12.6. The summed E-state index contributed by atoms with van der Waals surface area (Å²) in [5.74, 6) is -0.216. The predicted octanol–water partition coefficient (Wildman–Crippen LogP) is 0.871. The highest BCUT2D eigenvalue weighted by Gasteiger charge is 2.31. The lowest BCUT2D eigenvalue weighted by Gasteiger charge is -2.34. The van der Waals surface area contributed by atoms with Crippen molar-refractivity contribution in [2.45, 2.75) is 25.9 Å². The van der Waals surface area contributed by atoms with Gasteiger partial charge in [0.1, 0.15) is 0 Å². The quantitative estimate of drug-likeness (QED) is 0.763. The molecule has 2 rings (SSSR count). The van der Waals surface area contributed by atoms with Crippen molar-refractivity contribution in [1.29, 1.82) is 0 Å². The van der Waals surface area contributed by atoms with Gasteiger partial charge in [-0.15, -0.1) is 0 Å². The number of aliphatic hydroxyl groups is 1. The number of rotatable bonds is 7. The fraction of sp³-hybridized carbons (Fsp3) is 0.529. The van der Waals surface area contributed by atoms with Gasteiger partial charge in [-0.1, -0.05) is 29.8 Å². The monoisotopic (exact) mass is 353 g/mol. The predicted molar refractivity (Wildman–Crippen MR) is 92.6 cm³/mol. The van der Waals surface area contributed by atoms with E-state index >= 15 is 0 Å². The third kappa shape index (κ3) is 4.69. The standard InChI is InChI=1S/C17H24ClN3O3/c1-2-20(9-10-22)16(23)11-15-17(24)21(8-7-19-15)12-13-5-3-4-6-14(13)18/h3-6,15,19,22H,2,7-12H2,1H3. The molecule has 0 bridgehead atoms. The molecule has 1 aromatic carbocycles. The van der Waals surface area contributed by atoms with Crippen LogP contribution in [0.15, 0.2) is 24.3 Å². The molecule has 0 aliphatic carbocycles. The van der Waals surface area contributed by atoms with E-state index in [-0.39, 0.29) is 24.8 Å². The molecule has 0 aromatic heterocycles. The first-order valence-electron chi connectivity index (χ1n) is 8.21. The minimum absolute atomic E-state index is 0.0791. The van der Waals surface area contributed by atoms with Crippen LogP contribution in [0.2, 0.25) is 5.02 Å². The Balaban J connectivity index is 1.99. The number of benzene rings is 1. The summed E-state index contributed by atoms with van der Waals surface area (Å²) >= 11 is 6.17. The molecule has 0 radical (unpaired) electrons. The van der Waals surface area contributed by atoms with Gasteiger partial charge in [0.05, 0.1) is 19.1 Å². The van der Waals surface area contributed by atoms with E-state index in [0.717, 1.165) is 5.56 Å². The largest absolute Gasteiger partial charge is 0.395 e. The second-order valence-electron chi connectivity index (χ2n) is 5.76. The van der Waals surface area contributed by atoms with Gasteiger partial charge >= 0.3 is 0 Å². The number of piperazine rings is 1. The van der Waals surface area contributed by atoms with Crippen molar-refractivity contribution in [1.82, 2.24) is 15.1 Å². The Kier molecular flexibility index (Phi) is 7.02. The van der Waals surface area contributed by atoms with Crippen molar-refractivity contribution in [2.75, 3.05) is 32.8 Å². The molecule has 1 unspecified atom stereocenters. The molecule has 1 atom stereocenters. The van der Waals surface area contributed by atoms with E-state index in [9.17, 15) is 9.59 Å². The Morgan fingerprint density at radius 2 is 2.21 bits per heavy atom. The summed E-state index contributed by atoms with van der Waals surface area (Å²) < 4.78 is 0. The second-order valence-corrected chi connectivity index (χ2v) is 6.17. The Bertz CT molecular complexity index is 582. The number of hydrogen-bond acceptors (Lipinski definition) is 4. The summed E-state index contributed by atoms with van der Waals surface area (Å²) in [7, 11) is 0. The zero-order valence-corrected chi connectivity index (χ0v) is 14.6. The van der Waals surface area contributed by atoms with Crippen molar-refractivity contribution in [2.24, 2.45) is 0 Å². The molecule has 0 saturated carbocycles. The summed E-state index contributed by atoms with van der Waals surface area (Å²) in [6.07, 6.45) is 0.103. The molecule has 2 amide bonds. The first kappa shape index (κ1) is 18.7. The molecular weight excluding hydrogens is 330 g/mol. The summed E-state index contributed by atoms with van der Waals surface area (Å²) in [5.41, 5.74) is 0.898. The SMILES string of the molecule is CCN(CCO)C(=O)CC1NCCN(Cc2ccccc2Cl)C1=O. The Labute approximate surface area is 147 Å². The molecule has 1 fully saturated rings. The van der Waals surface area contributed by atoms with Gasteiger partial charge in [0.25, 0.3) is 0 Å². The van der Waals surface area contributed by atoms with Crippen LogP contribution in [0.4, 0.5) is 0 Å². The molecule has 132 valence electrons. The first-order chi connectivity index (χ1) is 11.6. The number of carbonyl (C=O) groups excluding carboxylic acids is 2. The van der Waals surface area contributed by atoms with E-state index in [0.29, 0.717) is 37.7 Å². The van der Waals surface area contributed by atoms with Crippen molar-refractivity contribution < 1.29 is 14.7 Å². The van der Waals surface area contributed by atoms with Crippen LogP contribution in [-0.4, -0.2) is 65.5 Å². The lowest BCUT2D eigenvalue weighted by molar-refractivity contribution is -0.141. The second kappa shape index (κ2) is 9.01.